The molecule has 2 aromatic rings. The van der Waals surface area contributed by atoms with E-state index in [1.54, 1.807) is 0 Å². The Bertz CT molecular complexity index is 792. The highest BCUT2D eigenvalue weighted by Crippen LogP contribution is 2.53. The zero-order valence-electron chi connectivity index (χ0n) is 12.9. The number of benzene rings is 1. The summed E-state index contributed by atoms with van der Waals surface area (Å²) in [5, 5.41) is 0.709. The van der Waals surface area contributed by atoms with Crippen LogP contribution in [0.2, 0.25) is 0 Å². The van der Waals surface area contributed by atoms with Crippen molar-refractivity contribution in [2.45, 2.75) is 24.2 Å². The molecule has 1 heterocycles. The average Bonchev–Trinajstić information content (AvgIpc) is 3.00. The molecule has 142 valence electrons. The molecular formula is C14H10ClF6N3O2. The Balaban J connectivity index is 2.75. The van der Waals surface area contributed by atoms with Crippen molar-refractivity contribution in [2.24, 2.45) is 0 Å². The van der Waals surface area contributed by atoms with E-state index < -0.39 is 34.6 Å². The Kier molecular flexibility index (Phi) is 5.22. The molecule has 0 radical (unpaired) electrons. The number of esters is 1. The van der Waals surface area contributed by atoms with E-state index in [1.807, 2.05) is 0 Å². The fraction of sp³-hybridized carbons (Fsp3) is 0.357. The van der Waals surface area contributed by atoms with Crippen molar-refractivity contribution in [3.05, 3.63) is 41.7 Å². The third-order valence-corrected chi connectivity index (χ3v) is 3.42. The number of carbonyl (C=O) groups excluding carboxylic acids is 1. The van der Waals surface area contributed by atoms with E-state index in [-0.39, 0.29) is 17.0 Å². The second-order valence-corrected chi connectivity index (χ2v) is 5.38. The zero-order chi connectivity index (χ0) is 19.8. The van der Waals surface area contributed by atoms with E-state index in [1.165, 1.54) is 37.3 Å². The molecule has 1 aromatic heterocycles. The van der Waals surface area contributed by atoms with Crippen LogP contribution in [0.3, 0.4) is 0 Å². The third kappa shape index (κ3) is 3.22. The van der Waals surface area contributed by atoms with Crippen LogP contribution in [0.5, 0.6) is 0 Å². The maximum atomic E-state index is 14.4. The van der Waals surface area contributed by atoms with Crippen molar-refractivity contribution in [2.75, 3.05) is 6.61 Å². The summed E-state index contributed by atoms with van der Waals surface area (Å²) in [6, 6.07) is 6.50. The van der Waals surface area contributed by atoms with Crippen LogP contribution in [-0.2, 0) is 10.7 Å². The lowest BCUT2D eigenvalue weighted by Crippen LogP contribution is -2.50. The second kappa shape index (κ2) is 6.78. The Hall–Kier alpha value is -2.30. The van der Waals surface area contributed by atoms with E-state index in [2.05, 4.69) is 26.6 Å². The fourth-order valence-corrected chi connectivity index (χ4v) is 2.10. The van der Waals surface area contributed by atoms with Crippen molar-refractivity contribution in [3.8, 4) is 5.69 Å². The molecule has 0 saturated heterocycles. The molecule has 0 unspecified atom stereocenters. The first-order valence-corrected chi connectivity index (χ1v) is 7.34. The summed E-state index contributed by atoms with van der Waals surface area (Å²) >= 11 is 4.19. The van der Waals surface area contributed by atoms with Gasteiger partial charge in [-0.2, -0.15) is 26.3 Å². The summed E-state index contributed by atoms with van der Waals surface area (Å²) < 4.78 is 86.9. The number of rotatable bonds is 6. The highest BCUT2D eigenvalue weighted by Gasteiger charge is 2.74. The summed E-state index contributed by atoms with van der Waals surface area (Å²) in [4.78, 5) is 11.8. The van der Waals surface area contributed by atoms with Gasteiger partial charge in [0, 0.05) is 0 Å². The minimum atomic E-state index is -6.06. The molecule has 2 rings (SSSR count). The number of hydrogen-bond donors (Lipinski definition) is 0. The first-order valence-electron chi connectivity index (χ1n) is 6.96. The number of halogens is 7. The average molecular weight is 402 g/mol. The van der Waals surface area contributed by atoms with Gasteiger partial charge in [0.15, 0.2) is 5.69 Å². The molecule has 0 saturated carbocycles. The predicted octanol–water partition coefficient (Wildman–Crippen LogP) is 4.00. The van der Waals surface area contributed by atoms with Crippen LogP contribution in [0, 0.1) is 0 Å². The number of nitrogens with zero attached hydrogens (tertiary/aromatic N) is 3. The van der Waals surface area contributed by atoms with E-state index >= 15 is 0 Å². The lowest BCUT2D eigenvalue weighted by atomic mass is 10.1. The van der Waals surface area contributed by atoms with Crippen molar-refractivity contribution in [1.29, 1.82) is 0 Å². The first kappa shape index (κ1) is 20.0. The van der Waals surface area contributed by atoms with Gasteiger partial charge in [0.2, 0.25) is 5.69 Å². The molecule has 5 nitrogen and oxygen atoms in total. The lowest BCUT2D eigenvalue weighted by molar-refractivity contribution is -0.288. The molecule has 0 aliphatic heterocycles. The number of para-hydroxylation sites is 1. The van der Waals surface area contributed by atoms with Gasteiger partial charge in [-0.25, -0.2) is 9.48 Å². The van der Waals surface area contributed by atoms with Gasteiger partial charge in [0.25, 0.3) is 0 Å². The standard InChI is InChI=1S/C14H10ClF6N3O2/c1-2-26-11(25)9-10(12(16,17)13(18,19)14(15,20)21)24(23-22-9)8-6-4-3-5-7-8/h3-7H,2H2,1H3. The van der Waals surface area contributed by atoms with E-state index in [9.17, 15) is 31.1 Å². The first-order chi connectivity index (χ1) is 11.9. The van der Waals surface area contributed by atoms with Crippen LogP contribution >= 0.6 is 11.6 Å². The Morgan fingerprint density at radius 1 is 1.15 bits per heavy atom. The molecule has 0 amide bonds. The molecule has 0 bridgehead atoms. The highest BCUT2D eigenvalue weighted by molar-refractivity contribution is 6.22. The maximum Gasteiger partial charge on any atom is 0.392 e. The number of hydrogen-bond acceptors (Lipinski definition) is 4. The van der Waals surface area contributed by atoms with Crippen molar-refractivity contribution in [1.82, 2.24) is 15.0 Å². The van der Waals surface area contributed by atoms with Gasteiger partial charge in [-0.1, -0.05) is 23.4 Å². The number of ether oxygens (including phenoxy) is 1. The summed E-state index contributed by atoms with van der Waals surface area (Å²) in [5.41, 5.74) is -3.42. The van der Waals surface area contributed by atoms with E-state index in [0.29, 0.717) is 0 Å². The van der Waals surface area contributed by atoms with Crippen molar-refractivity contribution >= 4 is 17.6 Å². The summed E-state index contributed by atoms with van der Waals surface area (Å²) in [6.45, 7) is 1.02. The molecule has 0 spiro atoms. The molecule has 26 heavy (non-hydrogen) atoms. The normalized spacial score (nSPS) is 12.9. The minimum Gasteiger partial charge on any atom is -0.461 e. The van der Waals surface area contributed by atoms with Gasteiger partial charge in [0.05, 0.1) is 12.3 Å². The third-order valence-electron chi connectivity index (χ3n) is 3.19. The van der Waals surface area contributed by atoms with Gasteiger partial charge in [-0.3, -0.25) is 0 Å². The van der Waals surface area contributed by atoms with Crippen LogP contribution in [-0.4, -0.2) is 38.9 Å². The van der Waals surface area contributed by atoms with Gasteiger partial charge < -0.3 is 4.74 Å². The fourth-order valence-electron chi connectivity index (χ4n) is 1.98. The Labute approximate surface area is 147 Å². The molecule has 0 atom stereocenters. The van der Waals surface area contributed by atoms with Crippen molar-refractivity contribution < 1.29 is 35.9 Å². The topological polar surface area (TPSA) is 57.0 Å². The second-order valence-electron chi connectivity index (χ2n) is 4.90. The van der Waals surface area contributed by atoms with Gasteiger partial charge in [-0.05, 0) is 30.7 Å². The maximum absolute atomic E-state index is 14.4. The summed E-state index contributed by atoms with van der Waals surface area (Å²) in [7, 11) is 0. The molecule has 0 fully saturated rings. The highest BCUT2D eigenvalue weighted by atomic mass is 35.5. The van der Waals surface area contributed by atoms with Gasteiger partial charge in [0.1, 0.15) is 0 Å². The number of carbonyl (C=O) groups is 1. The van der Waals surface area contributed by atoms with Crippen LogP contribution in [0.25, 0.3) is 5.69 Å². The summed E-state index contributed by atoms with van der Waals surface area (Å²) in [6.07, 6.45) is 0. The SMILES string of the molecule is CCOC(=O)c1nnn(-c2ccccc2)c1C(F)(F)C(F)(F)C(F)(F)Cl. The molecule has 0 aliphatic rings. The number of alkyl halides is 7. The lowest BCUT2D eigenvalue weighted by Gasteiger charge is -2.29. The van der Waals surface area contributed by atoms with Crippen LogP contribution in [0.15, 0.2) is 30.3 Å². The van der Waals surface area contributed by atoms with Gasteiger partial charge in [-0.15, -0.1) is 5.10 Å². The van der Waals surface area contributed by atoms with Crippen LogP contribution in [0.4, 0.5) is 26.3 Å². The smallest absolute Gasteiger partial charge is 0.392 e. The molecule has 0 N–H and O–H groups in total. The number of aromatic nitrogens is 3. The molecule has 1 aromatic carbocycles. The zero-order valence-corrected chi connectivity index (χ0v) is 13.7. The van der Waals surface area contributed by atoms with Crippen molar-refractivity contribution in [3.63, 3.8) is 0 Å². The molecule has 12 heteroatoms. The molecular weight excluding hydrogens is 392 g/mol. The summed E-state index contributed by atoms with van der Waals surface area (Å²) in [5.74, 6) is -13.2. The van der Waals surface area contributed by atoms with E-state index in [4.69, 9.17) is 0 Å². The molecule has 0 aliphatic carbocycles. The van der Waals surface area contributed by atoms with E-state index in [0.717, 1.165) is 0 Å². The van der Waals surface area contributed by atoms with Crippen LogP contribution in [0.1, 0.15) is 23.1 Å². The minimum absolute atomic E-state index is 0.156. The predicted molar refractivity (Wildman–Crippen MR) is 77.0 cm³/mol. The largest absolute Gasteiger partial charge is 0.461 e. The van der Waals surface area contributed by atoms with Gasteiger partial charge >= 0.3 is 23.2 Å². The Morgan fingerprint density at radius 2 is 1.73 bits per heavy atom. The monoisotopic (exact) mass is 401 g/mol. The Morgan fingerprint density at radius 3 is 2.23 bits per heavy atom. The van der Waals surface area contributed by atoms with Crippen LogP contribution < -0.4 is 0 Å². The quantitative estimate of drug-likeness (QED) is 0.417.